The number of halogens is 1. The van der Waals surface area contributed by atoms with Gasteiger partial charge in [-0.1, -0.05) is 0 Å². The molecule has 0 saturated heterocycles. The Morgan fingerprint density at radius 1 is 1.80 bits per heavy atom. The highest BCUT2D eigenvalue weighted by molar-refractivity contribution is 7.71. The first-order valence-electron chi connectivity index (χ1n) is 4.24. The van der Waals surface area contributed by atoms with Crippen LogP contribution < -0.4 is 5.56 Å². The highest BCUT2D eigenvalue weighted by Crippen LogP contribution is 1.98. The van der Waals surface area contributed by atoms with Crippen molar-refractivity contribution in [2.45, 2.75) is 19.3 Å². The largest absolute Gasteiger partial charge is 0.368 e. The van der Waals surface area contributed by atoms with Crippen molar-refractivity contribution in [2.24, 2.45) is 0 Å². The lowest BCUT2D eigenvalue weighted by Crippen LogP contribution is -2.19. The molecule has 1 atom stereocenters. The van der Waals surface area contributed by atoms with Crippen molar-refractivity contribution in [1.82, 2.24) is 9.55 Å². The maximum atomic E-state index is 12.9. The van der Waals surface area contributed by atoms with E-state index in [2.05, 4.69) is 9.72 Å². The SMILES string of the molecule is CO[C@H](O)CCn1cc(F)c(=O)[nH]c1=S. The number of aliphatic hydroxyl groups is 1. The molecule has 7 heteroatoms. The molecule has 84 valence electrons. The highest BCUT2D eigenvalue weighted by atomic mass is 32.1. The Morgan fingerprint density at radius 2 is 2.47 bits per heavy atom. The van der Waals surface area contributed by atoms with Crippen molar-refractivity contribution >= 4 is 12.2 Å². The van der Waals surface area contributed by atoms with E-state index in [1.54, 1.807) is 0 Å². The normalized spacial score (nSPS) is 12.7. The van der Waals surface area contributed by atoms with E-state index in [1.807, 2.05) is 0 Å². The van der Waals surface area contributed by atoms with E-state index in [1.165, 1.54) is 11.7 Å². The second-order valence-corrected chi connectivity index (χ2v) is 3.30. The van der Waals surface area contributed by atoms with Gasteiger partial charge >= 0.3 is 0 Å². The third-order valence-electron chi connectivity index (χ3n) is 1.86. The fourth-order valence-corrected chi connectivity index (χ4v) is 1.25. The van der Waals surface area contributed by atoms with E-state index in [4.69, 9.17) is 17.3 Å². The quantitative estimate of drug-likeness (QED) is 0.584. The average Bonchev–Trinajstić information content (AvgIpc) is 2.21. The first-order valence-corrected chi connectivity index (χ1v) is 4.65. The molecule has 1 aromatic rings. The van der Waals surface area contributed by atoms with Crippen LogP contribution in [-0.4, -0.2) is 28.1 Å². The molecular formula is C8H11FN2O3S. The van der Waals surface area contributed by atoms with Gasteiger partial charge in [-0.3, -0.25) is 9.78 Å². The van der Waals surface area contributed by atoms with Gasteiger partial charge in [0.25, 0.3) is 5.56 Å². The molecule has 0 aromatic carbocycles. The number of hydrogen-bond acceptors (Lipinski definition) is 4. The zero-order valence-corrected chi connectivity index (χ0v) is 8.88. The van der Waals surface area contributed by atoms with Crippen molar-refractivity contribution in [3.8, 4) is 0 Å². The number of aryl methyl sites for hydroxylation is 1. The number of methoxy groups -OCH3 is 1. The molecule has 0 fully saturated rings. The number of nitrogens with one attached hydrogen (secondary N) is 1. The topological polar surface area (TPSA) is 67.2 Å². The molecule has 0 spiro atoms. The molecule has 5 nitrogen and oxygen atoms in total. The van der Waals surface area contributed by atoms with Gasteiger partial charge < -0.3 is 14.4 Å². The van der Waals surface area contributed by atoms with Gasteiger partial charge in [0, 0.05) is 26.3 Å². The van der Waals surface area contributed by atoms with Crippen LogP contribution >= 0.6 is 12.2 Å². The lowest BCUT2D eigenvalue weighted by atomic mass is 10.4. The smallest absolute Gasteiger partial charge is 0.287 e. The number of rotatable bonds is 4. The average molecular weight is 234 g/mol. The maximum absolute atomic E-state index is 12.9. The van der Waals surface area contributed by atoms with Gasteiger partial charge in [-0.25, -0.2) is 0 Å². The molecule has 0 aliphatic heterocycles. The van der Waals surface area contributed by atoms with Gasteiger partial charge in [0.2, 0.25) is 5.82 Å². The lowest BCUT2D eigenvalue weighted by Gasteiger charge is -2.10. The molecule has 0 saturated carbocycles. The van der Waals surface area contributed by atoms with Crippen molar-refractivity contribution in [1.29, 1.82) is 0 Å². The van der Waals surface area contributed by atoms with Crippen LogP contribution in [0.1, 0.15) is 6.42 Å². The van der Waals surface area contributed by atoms with Crippen LogP contribution in [0.5, 0.6) is 0 Å². The molecule has 0 aliphatic carbocycles. The number of aromatic nitrogens is 2. The van der Waals surface area contributed by atoms with E-state index in [0.29, 0.717) is 0 Å². The van der Waals surface area contributed by atoms with Crippen molar-refractivity contribution in [2.75, 3.05) is 7.11 Å². The Labute approximate surface area is 90.1 Å². The standard InChI is InChI=1S/C8H11FN2O3S/c1-14-6(12)2-3-11-4-5(9)7(13)10-8(11)15/h4,6,12H,2-3H2,1H3,(H,10,13,15)/t6-/m0/s1. The predicted molar refractivity (Wildman–Crippen MR) is 53.5 cm³/mol. The highest BCUT2D eigenvalue weighted by Gasteiger charge is 2.04. The van der Waals surface area contributed by atoms with Gasteiger partial charge in [0.15, 0.2) is 11.1 Å². The van der Waals surface area contributed by atoms with Crippen LogP contribution in [0, 0.1) is 10.6 Å². The van der Waals surface area contributed by atoms with Gasteiger partial charge in [0.1, 0.15) is 0 Å². The molecule has 2 N–H and O–H groups in total. The summed E-state index contributed by atoms with van der Waals surface area (Å²) in [7, 11) is 1.36. The summed E-state index contributed by atoms with van der Waals surface area (Å²) in [5.41, 5.74) is -0.844. The Morgan fingerprint density at radius 3 is 3.07 bits per heavy atom. The molecule has 0 radical (unpaired) electrons. The van der Waals surface area contributed by atoms with Crippen LogP contribution in [-0.2, 0) is 11.3 Å². The molecular weight excluding hydrogens is 223 g/mol. The first-order chi connectivity index (χ1) is 7.04. The fourth-order valence-electron chi connectivity index (χ4n) is 1.02. The van der Waals surface area contributed by atoms with E-state index in [0.717, 1.165) is 6.20 Å². The molecule has 15 heavy (non-hydrogen) atoms. The van der Waals surface area contributed by atoms with Gasteiger partial charge in [-0.2, -0.15) is 4.39 Å². The Hall–Kier alpha value is -1.05. The molecule has 0 aliphatic rings. The van der Waals surface area contributed by atoms with Crippen LogP contribution in [0.2, 0.25) is 0 Å². The second-order valence-electron chi connectivity index (χ2n) is 2.91. The third kappa shape index (κ3) is 3.22. The molecule has 0 amide bonds. The van der Waals surface area contributed by atoms with Crippen LogP contribution in [0.4, 0.5) is 4.39 Å². The third-order valence-corrected chi connectivity index (χ3v) is 2.19. The number of nitrogens with zero attached hydrogens (tertiary/aromatic N) is 1. The van der Waals surface area contributed by atoms with Gasteiger partial charge in [-0.15, -0.1) is 0 Å². The van der Waals surface area contributed by atoms with Gasteiger partial charge in [-0.05, 0) is 12.2 Å². The summed E-state index contributed by atoms with van der Waals surface area (Å²) in [4.78, 5) is 13.0. The molecule has 1 rings (SSSR count). The minimum absolute atomic E-state index is 0.115. The number of aliphatic hydroxyl groups excluding tert-OH is 1. The summed E-state index contributed by atoms with van der Waals surface area (Å²) in [6.45, 7) is 0.265. The number of ether oxygens (including phenoxy) is 1. The van der Waals surface area contributed by atoms with E-state index in [9.17, 15) is 9.18 Å². The van der Waals surface area contributed by atoms with E-state index >= 15 is 0 Å². The Bertz CT molecular complexity index is 442. The van der Waals surface area contributed by atoms with Crippen LogP contribution in [0.3, 0.4) is 0 Å². The minimum atomic E-state index is -0.929. The summed E-state index contributed by atoms with van der Waals surface area (Å²) < 4.78 is 18.9. The van der Waals surface area contributed by atoms with E-state index in [-0.39, 0.29) is 17.7 Å². The van der Waals surface area contributed by atoms with Crippen molar-refractivity contribution in [3.05, 3.63) is 27.1 Å². The molecule has 1 heterocycles. The number of aromatic amines is 1. The summed E-state index contributed by atoms with van der Waals surface area (Å²) in [5, 5.41) is 9.10. The van der Waals surface area contributed by atoms with Crippen molar-refractivity contribution in [3.63, 3.8) is 0 Å². The molecule has 0 bridgehead atoms. The summed E-state index contributed by atoms with van der Waals surface area (Å²) in [6, 6.07) is 0. The first kappa shape index (κ1) is 12.0. The summed E-state index contributed by atoms with van der Waals surface area (Å²) in [5.74, 6) is -0.907. The molecule has 1 aromatic heterocycles. The predicted octanol–water partition coefficient (Wildman–Crippen LogP) is 0.400. The van der Waals surface area contributed by atoms with E-state index < -0.39 is 17.7 Å². The second kappa shape index (κ2) is 5.15. The number of H-pyrrole nitrogens is 1. The van der Waals surface area contributed by atoms with Gasteiger partial charge in [0.05, 0.1) is 0 Å². The zero-order chi connectivity index (χ0) is 11.4. The van der Waals surface area contributed by atoms with Crippen LogP contribution in [0.25, 0.3) is 0 Å². The maximum Gasteiger partial charge on any atom is 0.287 e. The Balaban J connectivity index is 2.82. The Kier molecular flexibility index (Phi) is 4.13. The monoisotopic (exact) mass is 234 g/mol. The van der Waals surface area contributed by atoms with Crippen LogP contribution in [0.15, 0.2) is 11.0 Å². The lowest BCUT2D eigenvalue weighted by molar-refractivity contribution is -0.0803. The minimum Gasteiger partial charge on any atom is -0.368 e. The zero-order valence-electron chi connectivity index (χ0n) is 8.07. The number of hydrogen-bond donors (Lipinski definition) is 2. The molecule has 0 unspecified atom stereocenters. The summed E-state index contributed by atoms with van der Waals surface area (Å²) in [6.07, 6.45) is 0.335. The van der Waals surface area contributed by atoms with Crippen molar-refractivity contribution < 1.29 is 14.2 Å². The fraction of sp³-hybridized carbons (Fsp3) is 0.500. The summed E-state index contributed by atoms with van der Waals surface area (Å²) >= 11 is 4.81.